The highest BCUT2D eigenvalue weighted by molar-refractivity contribution is 5.96. The molecule has 8 heteroatoms. The Kier molecular flexibility index (Phi) is 5.97. The smallest absolute Gasteiger partial charge is 0.495 e. The van der Waals surface area contributed by atoms with Crippen molar-refractivity contribution in [2.24, 2.45) is 0 Å². The summed E-state index contributed by atoms with van der Waals surface area (Å²) in [6.45, 7) is 3.58. The number of alkyl halides is 3. The van der Waals surface area contributed by atoms with Crippen LogP contribution in [0, 0.1) is 6.92 Å². The minimum atomic E-state index is -4.75. The van der Waals surface area contributed by atoms with Gasteiger partial charge in [-0.15, -0.1) is 13.2 Å². The van der Waals surface area contributed by atoms with Crippen molar-refractivity contribution in [1.82, 2.24) is 0 Å². The Morgan fingerprint density at radius 3 is 2.35 bits per heavy atom. The Labute approximate surface area is 149 Å². The maximum absolute atomic E-state index is 12.3. The summed E-state index contributed by atoms with van der Waals surface area (Å²) >= 11 is 0. The molecule has 0 fully saturated rings. The number of methoxy groups -OCH3 is 1. The molecule has 0 aliphatic heterocycles. The number of amides is 1. The number of aryl methyl sites for hydroxylation is 1. The zero-order valence-electron chi connectivity index (χ0n) is 14.5. The molecule has 2 N–H and O–H groups in total. The summed E-state index contributed by atoms with van der Waals surface area (Å²) in [5.74, 6) is -0.104. The number of nitrogens with one attached hydrogen (secondary N) is 2. The first-order valence-electron chi connectivity index (χ1n) is 7.76. The van der Waals surface area contributed by atoms with Crippen LogP contribution in [0.2, 0.25) is 0 Å². The van der Waals surface area contributed by atoms with Gasteiger partial charge in [0.25, 0.3) is 0 Å². The van der Waals surface area contributed by atoms with E-state index in [9.17, 15) is 18.0 Å². The van der Waals surface area contributed by atoms with E-state index >= 15 is 0 Å². The number of ether oxygens (including phenoxy) is 2. The molecule has 0 aliphatic rings. The molecule has 140 valence electrons. The molecular weight excluding hydrogens is 349 g/mol. The van der Waals surface area contributed by atoms with Crippen molar-refractivity contribution in [3.8, 4) is 11.5 Å². The van der Waals surface area contributed by atoms with Crippen LogP contribution < -0.4 is 20.1 Å². The minimum absolute atomic E-state index is 0.349. The predicted molar refractivity (Wildman–Crippen MR) is 92.6 cm³/mol. The first kappa shape index (κ1) is 19.4. The van der Waals surface area contributed by atoms with Crippen molar-refractivity contribution in [2.45, 2.75) is 26.3 Å². The maximum Gasteiger partial charge on any atom is 0.573 e. The molecular formula is C18H19F3N2O3. The van der Waals surface area contributed by atoms with Gasteiger partial charge in [-0.3, -0.25) is 4.79 Å². The summed E-state index contributed by atoms with van der Waals surface area (Å²) < 4.78 is 45.5. The Hall–Kier alpha value is -2.90. The minimum Gasteiger partial charge on any atom is -0.495 e. The van der Waals surface area contributed by atoms with Crippen LogP contribution in [0.3, 0.4) is 0 Å². The molecule has 0 aliphatic carbocycles. The van der Waals surface area contributed by atoms with Crippen LogP contribution in [0.5, 0.6) is 11.5 Å². The summed E-state index contributed by atoms with van der Waals surface area (Å²) in [6.07, 6.45) is -4.75. The zero-order chi connectivity index (χ0) is 19.3. The summed E-state index contributed by atoms with van der Waals surface area (Å²) in [5.41, 5.74) is 2.03. The van der Waals surface area contributed by atoms with Gasteiger partial charge in [0.05, 0.1) is 12.8 Å². The molecule has 0 unspecified atom stereocenters. The third-order valence-corrected chi connectivity index (χ3v) is 3.48. The predicted octanol–water partition coefficient (Wildman–Crippen LogP) is 4.34. The number of anilines is 2. The number of rotatable bonds is 6. The lowest BCUT2D eigenvalue weighted by Crippen LogP contribution is -2.32. The fraction of sp³-hybridized carbons (Fsp3) is 0.278. The summed E-state index contributed by atoms with van der Waals surface area (Å²) in [6, 6.07) is 9.86. The molecule has 0 aromatic heterocycles. The third-order valence-electron chi connectivity index (χ3n) is 3.48. The van der Waals surface area contributed by atoms with Crippen molar-refractivity contribution in [3.05, 3.63) is 48.0 Å². The van der Waals surface area contributed by atoms with Crippen LogP contribution in [-0.4, -0.2) is 25.4 Å². The summed E-state index contributed by atoms with van der Waals surface area (Å²) in [5, 5.41) is 5.68. The van der Waals surface area contributed by atoms with Gasteiger partial charge in [0.2, 0.25) is 5.91 Å². The van der Waals surface area contributed by atoms with Crippen molar-refractivity contribution in [2.75, 3.05) is 17.7 Å². The molecule has 5 nitrogen and oxygen atoms in total. The van der Waals surface area contributed by atoms with E-state index in [-0.39, 0.29) is 11.7 Å². The van der Waals surface area contributed by atoms with Crippen molar-refractivity contribution in [1.29, 1.82) is 0 Å². The number of carbonyl (C=O) groups excluding carboxylic acids is 1. The van der Waals surface area contributed by atoms with Crippen LogP contribution >= 0.6 is 0 Å². The highest BCUT2D eigenvalue weighted by Gasteiger charge is 2.31. The molecule has 0 heterocycles. The monoisotopic (exact) mass is 368 g/mol. The molecule has 0 spiro atoms. The first-order valence-corrected chi connectivity index (χ1v) is 7.76. The third kappa shape index (κ3) is 5.58. The van der Waals surface area contributed by atoms with Gasteiger partial charge < -0.3 is 20.1 Å². The number of benzene rings is 2. The average Bonchev–Trinajstić information content (AvgIpc) is 2.55. The number of carbonyl (C=O) groups is 1. The fourth-order valence-corrected chi connectivity index (χ4v) is 2.22. The number of hydrogen-bond donors (Lipinski definition) is 2. The second-order valence-electron chi connectivity index (χ2n) is 5.63. The molecule has 2 aromatic rings. The van der Waals surface area contributed by atoms with Gasteiger partial charge in [-0.05, 0) is 55.8 Å². The molecule has 1 atom stereocenters. The van der Waals surface area contributed by atoms with Crippen molar-refractivity contribution < 1.29 is 27.4 Å². The molecule has 0 saturated carbocycles. The summed E-state index contributed by atoms with van der Waals surface area (Å²) in [7, 11) is 1.53. The first-order chi connectivity index (χ1) is 12.2. The highest BCUT2D eigenvalue weighted by Crippen LogP contribution is 2.26. The fourth-order valence-electron chi connectivity index (χ4n) is 2.22. The Morgan fingerprint density at radius 2 is 1.77 bits per heavy atom. The summed E-state index contributed by atoms with van der Waals surface area (Å²) in [4.78, 5) is 12.3. The van der Waals surface area contributed by atoms with Crippen LogP contribution in [-0.2, 0) is 4.79 Å². The number of hydrogen-bond acceptors (Lipinski definition) is 4. The van der Waals surface area contributed by atoms with Crippen LogP contribution in [0.25, 0.3) is 0 Å². The second kappa shape index (κ2) is 7.99. The van der Waals surface area contributed by atoms with Gasteiger partial charge in [0, 0.05) is 5.69 Å². The lowest BCUT2D eigenvalue weighted by Gasteiger charge is -2.18. The average molecular weight is 368 g/mol. The van der Waals surface area contributed by atoms with Crippen LogP contribution in [0.15, 0.2) is 42.5 Å². The topological polar surface area (TPSA) is 59.6 Å². The van der Waals surface area contributed by atoms with Crippen LogP contribution in [0.4, 0.5) is 24.5 Å². The Balaban J connectivity index is 2.00. The lowest BCUT2D eigenvalue weighted by atomic mass is 10.2. The van der Waals surface area contributed by atoms with E-state index in [0.29, 0.717) is 17.1 Å². The Bertz CT molecular complexity index is 761. The van der Waals surface area contributed by atoms with E-state index in [2.05, 4.69) is 15.4 Å². The van der Waals surface area contributed by atoms with E-state index < -0.39 is 12.4 Å². The lowest BCUT2D eigenvalue weighted by molar-refractivity contribution is -0.274. The zero-order valence-corrected chi connectivity index (χ0v) is 14.5. The van der Waals surface area contributed by atoms with Gasteiger partial charge >= 0.3 is 6.36 Å². The molecule has 0 radical (unpaired) electrons. The molecule has 2 aromatic carbocycles. The highest BCUT2D eigenvalue weighted by atomic mass is 19.4. The maximum atomic E-state index is 12.3. The van der Waals surface area contributed by atoms with E-state index in [4.69, 9.17) is 4.74 Å². The quantitative estimate of drug-likeness (QED) is 0.796. The van der Waals surface area contributed by atoms with E-state index in [1.54, 1.807) is 13.0 Å². The number of halogens is 3. The van der Waals surface area contributed by atoms with Crippen molar-refractivity contribution >= 4 is 17.3 Å². The van der Waals surface area contributed by atoms with E-state index in [1.165, 1.54) is 19.2 Å². The van der Waals surface area contributed by atoms with E-state index in [1.807, 2.05) is 19.1 Å². The normalized spacial score (nSPS) is 12.2. The molecule has 1 amide bonds. The standard InChI is InChI=1S/C18H19F3N2O3/c1-11-4-9-16(25-3)15(10-11)22-12(2)17(24)23-13-5-7-14(8-6-13)26-18(19,20)21/h4-10,12,22H,1-3H3,(H,23,24)/t12-/m0/s1. The Morgan fingerprint density at radius 1 is 1.12 bits per heavy atom. The molecule has 0 saturated heterocycles. The van der Waals surface area contributed by atoms with E-state index in [0.717, 1.165) is 17.7 Å². The van der Waals surface area contributed by atoms with Crippen LogP contribution in [0.1, 0.15) is 12.5 Å². The SMILES string of the molecule is COc1ccc(C)cc1N[C@@H](C)C(=O)Nc1ccc(OC(F)(F)F)cc1. The van der Waals surface area contributed by atoms with Gasteiger partial charge in [-0.2, -0.15) is 0 Å². The largest absolute Gasteiger partial charge is 0.573 e. The molecule has 0 bridgehead atoms. The van der Waals surface area contributed by atoms with Gasteiger partial charge in [-0.25, -0.2) is 0 Å². The molecule has 26 heavy (non-hydrogen) atoms. The molecule has 2 rings (SSSR count). The van der Waals surface area contributed by atoms with Gasteiger partial charge in [-0.1, -0.05) is 6.07 Å². The van der Waals surface area contributed by atoms with Gasteiger partial charge in [0.1, 0.15) is 17.5 Å². The van der Waals surface area contributed by atoms with Crippen molar-refractivity contribution in [3.63, 3.8) is 0 Å². The second-order valence-corrected chi connectivity index (χ2v) is 5.63. The van der Waals surface area contributed by atoms with Gasteiger partial charge in [0.15, 0.2) is 0 Å².